The fourth-order valence-electron chi connectivity index (χ4n) is 4.05. The zero-order chi connectivity index (χ0) is 17.6. The van der Waals surface area contributed by atoms with Gasteiger partial charge in [-0.15, -0.1) is 0 Å². The molecule has 3 atom stereocenters. The van der Waals surface area contributed by atoms with Gasteiger partial charge in [0.15, 0.2) is 0 Å². The van der Waals surface area contributed by atoms with Crippen molar-refractivity contribution in [3.8, 4) is 0 Å². The number of rotatable bonds is 3. The first kappa shape index (κ1) is 16.9. The molecular weight excluding hydrogens is 302 g/mol. The molecule has 0 bridgehead atoms. The molecule has 0 radical (unpaired) electrons. The van der Waals surface area contributed by atoms with E-state index in [-0.39, 0.29) is 11.7 Å². The lowest BCUT2D eigenvalue weighted by Gasteiger charge is -2.40. The van der Waals surface area contributed by atoms with E-state index in [4.69, 9.17) is 4.52 Å². The van der Waals surface area contributed by atoms with Gasteiger partial charge in [-0.3, -0.25) is 4.79 Å². The van der Waals surface area contributed by atoms with Crippen molar-refractivity contribution in [2.24, 2.45) is 5.92 Å². The van der Waals surface area contributed by atoms with Crippen molar-refractivity contribution in [3.63, 3.8) is 0 Å². The number of hydrogen-bond acceptors (Lipinski definition) is 4. The predicted octanol–water partition coefficient (Wildman–Crippen LogP) is 3.75. The minimum atomic E-state index is -1.14. The maximum Gasteiger partial charge on any atom is 0.137 e. The average molecular weight is 327 g/mol. The second-order valence-corrected chi connectivity index (χ2v) is 7.52. The molecule has 128 valence electrons. The van der Waals surface area contributed by atoms with Crippen LogP contribution >= 0.6 is 0 Å². The minimum Gasteiger partial charge on any atom is -0.389 e. The molecular formula is C20H25NO3. The third-order valence-electron chi connectivity index (χ3n) is 5.22. The van der Waals surface area contributed by atoms with E-state index in [1.54, 1.807) is 13.8 Å². The summed E-state index contributed by atoms with van der Waals surface area (Å²) >= 11 is 0. The molecule has 0 unspecified atom stereocenters. The minimum absolute atomic E-state index is 0.0100. The maximum atomic E-state index is 12.4. The van der Waals surface area contributed by atoms with E-state index in [1.165, 1.54) is 5.56 Å². The van der Waals surface area contributed by atoms with E-state index >= 15 is 0 Å². The number of carbonyl (C=O) groups is 1. The number of fused-ring (bicyclic) bond motifs is 1. The van der Waals surface area contributed by atoms with Gasteiger partial charge in [-0.2, -0.15) is 0 Å². The van der Waals surface area contributed by atoms with Crippen LogP contribution in [0.1, 0.15) is 67.7 Å². The van der Waals surface area contributed by atoms with Crippen molar-refractivity contribution in [2.75, 3.05) is 0 Å². The van der Waals surface area contributed by atoms with Crippen LogP contribution in [-0.4, -0.2) is 21.6 Å². The number of ketones is 1. The average Bonchev–Trinajstić information content (AvgIpc) is 2.85. The number of nitrogens with zero attached hydrogens (tertiary/aromatic N) is 1. The van der Waals surface area contributed by atoms with Gasteiger partial charge in [0.05, 0.1) is 17.2 Å². The summed E-state index contributed by atoms with van der Waals surface area (Å²) in [5.41, 5.74) is 2.85. The maximum absolute atomic E-state index is 12.4. The van der Waals surface area contributed by atoms with Crippen LogP contribution in [0, 0.1) is 12.8 Å². The van der Waals surface area contributed by atoms with Gasteiger partial charge in [0.25, 0.3) is 0 Å². The third-order valence-corrected chi connectivity index (χ3v) is 5.22. The predicted molar refractivity (Wildman–Crippen MR) is 92.1 cm³/mol. The summed E-state index contributed by atoms with van der Waals surface area (Å²) in [5, 5.41) is 15.1. The van der Waals surface area contributed by atoms with Gasteiger partial charge in [-0.25, -0.2) is 0 Å². The van der Waals surface area contributed by atoms with Crippen molar-refractivity contribution in [2.45, 2.75) is 58.5 Å². The molecule has 0 aliphatic heterocycles. The molecule has 1 aliphatic rings. The van der Waals surface area contributed by atoms with Crippen molar-refractivity contribution >= 4 is 5.78 Å². The third kappa shape index (κ3) is 2.69. The zero-order valence-electron chi connectivity index (χ0n) is 15.0. The van der Waals surface area contributed by atoms with Gasteiger partial charge in [0.1, 0.15) is 11.5 Å². The van der Waals surface area contributed by atoms with Crippen LogP contribution in [-0.2, 0) is 11.2 Å². The van der Waals surface area contributed by atoms with E-state index in [0.717, 1.165) is 22.6 Å². The monoisotopic (exact) mass is 327 g/mol. The summed E-state index contributed by atoms with van der Waals surface area (Å²) in [6, 6.07) is 8.33. The molecule has 2 aromatic rings. The van der Waals surface area contributed by atoms with E-state index < -0.39 is 11.5 Å². The molecule has 4 nitrogen and oxygen atoms in total. The number of benzene rings is 1. The molecule has 24 heavy (non-hydrogen) atoms. The van der Waals surface area contributed by atoms with Crippen LogP contribution in [0.2, 0.25) is 0 Å². The smallest absolute Gasteiger partial charge is 0.137 e. The van der Waals surface area contributed by atoms with E-state index in [9.17, 15) is 9.90 Å². The van der Waals surface area contributed by atoms with Gasteiger partial charge >= 0.3 is 0 Å². The van der Waals surface area contributed by atoms with E-state index in [2.05, 4.69) is 43.3 Å². The van der Waals surface area contributed by atoms with Crippen LogP contribution in [0.3, 0.4) is 0 Å². The first-order valence-electron chi connectivity index (χ1n) is 8.50. The topological polar surface area (TPSA) is 63.3 Å². The Labute approximate surface area is 142 Å². The summed E-state index contributed by atoms with van der Waals surface area (Å²) in [7, 11) is 0. The second kappa shape index (κ2) is 5.85. The standard InChI is InChI=1S/C20H25NO3/c1-11(2)14-6-8-15(9-7-14)18-17-13(4)24-21-16(17)10-20(5,23)19(18)12(3)22/h6-9,11,18-19,23H,10H2,1-5H3/t18-,19+,20+/m0/s1. The lowest BCUT2D eigenvalue weighted by atomic mass is 9.64. The molecule has 1 aliphatic carbocycles. The Morgan fingerprint density at radius 3 is 2.50 bits per heavy atom. The normalized spacial score (nSPS) is 26.5. The van der Waals surface area contributed by atoms with Gasteiger partial charge in [0, 0.05) is 17.9 Å². The van der Waals surface area contributed by atoms with Crippen LogP contribution < -0.4 is 0 Å². The molecule has 0 fully saturated rings. The van der Waals surface area contributed by atoms with Crippen LogP contribution in [0.4, 0.5) is 0 Å². The molecule has 1 N–H and O–H groups in total. The molecule has 0 saturated carbocycles. The molecule has 1 aromatic heterocycles. The zero-order valence-corrected chi connectivity index (χ0v) is 15.0. The summed E-state index contributed by atoms with van der Waals surface area (Å²) in [4.78, 5) is 12.4. The first-order chi connectivity index (χ1) is 11.2. The lowest BCUT2D eigenvalue weighted by molar-refractivity contribution is -0.130. The number of aromatic nitrogens is 1. The fourth-order valence-corrected chi connectivity index (χ4v) is 4.05. The molecule has 0 spiro atoms. The number of aryl methyl sites for hydroxylation is 1. The summed E-state index contributed by atoms with van der Waals surface area (Å²) in [5.74, 6) is 0.431. The quantitative estimate of drug-likeness (QED) is 0.932. The molecule has 1 aromatic carbocycles. The van der Waals surface area contributed by atoms with Crippen molar-refractivity contribution < 1.29 is 14.4 Å². The van der Waals surface area contributed by atoms with Crippen LogP contribution in [0.25, 0.3) is 0 Å². The second-order valence-electron chi connectivity index (χ2n) is 7.52. The fraction of sp³-hybridized carbons (Fsp3) is 0.500. The van der Waals surface area contributed by atoms with Gasteiger partial charge < -0.3 is 9.63 Å². The highest BCUT2D eigenvalue weighted by Crippen LogP contribution is 2.47. The summed E-state index contributed by atoms with van der Waals surface area (Å²) in [6.07, 6.45) is 0.338. The molecule has 0 saturated heterocycles. The Hall–Kier alpha value is -1.94. The highest BCUT2D eigenvalue weighted by atomic mass is 16.5. The summed E-state index contributed by atoms with van der Waals surface area (Å²) < 4.78 is 5.38. The number of carbonyl (C=O) groups excluding carboxylic acids is 1. The Morgan fingerprint density at radius 1 is 1.33 bits per heavy atom. The Kier molecular flexibility index (Phi) is 4.12. The lowest BCUT2D eigenvalue weighted by Crippen LogP contribution is -2.48. The largest absolute Gasteiger partial charge is 0.389 e. The van der Waals surface area contributed by atoms with Gasteiger partial charge in [-0.05, 0) is 37.8 Å². The number of Topliss-reactive ketones (excluding diaryl/α,β-unsaturated/α-hetero) is 1. The molecule has 0 amide bonds. The van der Waals surface area contributed by atoms with E-state index in [0.29, 0.717) is 12.3 Å². The first-order valence-corrected chi connectivity index (χ1v) is 8.50. The van der Waals surface area contributed by atoms with Crippen LogP contribution in [0.5, 0.6) is 0 Å². The SMILES string of the molecule is CC(=O)[C@@H]1[C@@H](c2ccc(C(C)C)cc2)c2c(noc2C)C[C@@]1(C)O. The van der Waals surface area contributed by atoms with Crippen LogP contribution in [0.15, 0.2) is 28.8 Å². The van der Waals surface area contributed by atoms with Gasteiger partial charge in [0.2, 0.25) is 0 Å². The Bertz CT molecular complexity index is 756. The number of aliphatic hydroxyl groups is 1. The Balaban J connectivity index is 2.17. The Morgan fingerprint density at radius 2 is 1.96 bits per heavy atom. The van der Waals surface area contributed by atoms with E-state index in [1.807, 2.05) is 6.92 Å². The molecule has 1 heterocycles. The highest BCUT2D eigenvalue weighted by molar-refractivity contribution is 5.82. The van der Waals surface area contributed by atoms with Crippen molar-refractivity contribution in [1.82, 2.24) is 5.16 Å². The number of hydrogen-bond donors (Lipinski definition) is 1. The highest BCUT2D eigenvalue weighted by Gasteiger charge is 2.49. The van der Waals surface area contributed by atoms with Crippen molar-refractivity contribution in [1.29, 1.82) is 0 Å². The van der Waals surface area contributed by atoms with Gasteiger partial charge in [-0.1, -0.05) is 43.3 Å². The molecule has 4 heteroatoms. The van der Waals surface area contributed by atoms with Crippen molar-refractivity contribution in [3.05, 3.63) is 52.4 Å². The molecule has 3 rings (SSSR count). The summed E-state index contributed by atoms with van der Waals surface area (Å²) in [6.45, 7) is 9.46.